The van der Waals surface area contributed by atoms with Crippen LogP contribution in [0.5, 0.6) is 5.75 Å². The van der Waals surface area contributed by atoms with Crippen LogP contribution in [-0.2, 0) is 4.79 Å². The number of hydrogen-bond donors (Lipinski definition) is 3. The van der Waals surface area contributed by atoms with Gasteiger partial charge >= 0.3 is 0 Å². The van der Waals surface area contributed by atoms with Crippen molar-refractivity contribution in [2.45, 2.75) is 6.17 Å². The third kappa shape index (κ3) is 1.85. The van der Waals surface area contributed by atoms with Crippen LogP contribution >= 0.6 is 0 Å². The molecule has 3 N–H and O–H groups in total. The van der Waals surface area contributed by atoms with Gasteiger partial charge in [-0.15, -0.1) is 0 Å². The Morgan fingerprint density at radius 3 is 2.82 bits per heavy atom. The molecule has 1 aromatic rings. The maximum Gasteiger partial charge on any atom is 0.262 e. The van der Waals surface area contributed by atoms with Crippen molar-refractivity contribution in [3.05, 3.63) is 23.5 Å². The largest absolute Gasteiger partial charge is 0.481 e. The third-order valence-corrected chi connectivity index (χ3v) is 2.86. The van der Waals surface area contributed by atoms with Crippen molar-refractivity contribution < 1.29 is 13.9 Å². The quantitative estimate of drug-likeness (QED) is 0.659. The summed E-state index contributed by atoms with van der Waals surface area (Å²) in [6.07, 6.45) is -0.209. The molecule has 0 unspecified atom stereocenters. The molecule has 1 saturated heterocycles. The van der Waals surface area contributed by atoms with Crippen LogP contribution in [0.4, 0.5) is 10.1 Å². The highest BCUT2D eigenvalue weighted by molar-refractivity contribution is 5.95. The molecule has 2 heterocycles. The summed E-state index contributed by atoms with van der Waals surface area (Å²) >= 11 is 0. The zero-order chi connectivity index (χ0) is 11.8. The Morgan fingerprint density at radius 2 is 2.06 bits per heavy atom. The molecule has 0 radical (unpaired) electrons. The number of amides is 1. The minimum absolute atomic E-state index is 0.0638. The van der Waals surface area contributed by atoms with Crippen LogP contribution in [0, 0.1) is 5.82 Å². The highest BCUT2D eigenvalue weighted by Gasteiger charge is 2.24. The highest BCUT2D eigenvalue weighted by atomic mass is 19.1. The van der Waals surface area contributed by atoms with Crippen molar-refractivity contribution in [2.75, 3.05) is 25.0 Å². The van der Waals surface area contributed by atoms with Crippen molar-refractivity contribution >= 4 is 11.6 Å². The van der Waals surface area contributed by atoms with E-state index in [-0.39, 0.29) is 24.5 Å². The van der Waals surface area contributed by atoms with Gasteiger partial charge in [0.2, 0.25) is 0 Å². The summed E-state index contributed by atoms with van der Waals surface area (Å²) in [5, 5.41) is 8.92. The van der Waals surface area contributed by atoms with E-state index in [1.54, 1.807) is 6.07 Å². The van der Waals surface area contributed by atoms with E-state index < -0.39 is 0 Å². The first-order chi connectivity index (χ1) is 8.24. The molecule has 0 spiro atoms. The fourth-order valence-electron chi connectivity index (χ4n) is 2.06. The van der Waals surface area contributed by atoms with Crippen LogP contribution in [0.25, 0.3) is 0 Å². The number of nitrogens with one attached hydrogen (secondary N) is 3. The molecule has 90 valence electrons. The zero-order valence-corrected chi connectivity index (χ0v) is 9.05. The minimum atomic E-state index is -0.341. The van der Waals surface area contributed by atoms with Gasteiger partial charge in [0.25, 0.3) is 5.91 Å². The molecule has 1 amide bonds. The number of fused-ring (bicyclic) bond motifs is 1. The highest BCUT2D eigenvalue weighted by Crippen LogP contribution is 2.32. The van der Waals surface area contributed by atoms with Gasteiger partial charge in [0, 0.05) is 24.7 Å². The third-order valence-electron chi connectivity index (χ3n) is 2.86. The summed E-state index contributed by atoms with van der Waals surface area (Å²) in [5.74, 6) is -0.182. The van der Waals surface area contributed by atoms with Crippen LogP contribution in [0.1, 0.15) is 11.7 Å². The van der Waals surface area contributed by atoms with Gasteiger partial charge in [-0.2, -0.15) is 0 Å². The molecule has 0 aromatic heterocycles. The fourth-order valence-corrected chi connectivity index (χ4v) is 2.06. The van der Waals surface area contributed by atoms with E-state index in [1.165, 1.54) is 6.07 Å². The van der Waals surface area contributed by atoms with Crippen LogP contribution in [0.3, 0.4) is 0 Å². The molecule has 0 atom stereocenters. The van der Waals surface area contributed by atoms with Crippen LogP contribution in [0.2, 0.25) is 0 Å². The van der Waals surface area contributed by atoms with E-state index in [4.69, 9.17) is 4.74 Å². The predicted molar refractivity (Wildman–Crippen MR) is 59.3 cm³/mol. The van der Waals surface area contributed by atoms with E-state index in [1.807, 2.05) is 0 Å². The van der Waals surface area contributed by atoms with Gasteiger partial charge in [-0.05, 0) is 6.07 Å². The molecule has 3 rings (SSSR count). The maximum absolute atomic E-state index is 13.9. The summed E-state index contributed by atoms with van der Waals surface area (Å²) in [4.78, 5) is 11.2. The van der Waals surface area contributed by atoms with Crippen LogP contribution < -0.4 is 20.7 Å². The second-order valence-corrected chi connectivity index (χ2v) is 4.05. The number of hydrogen-bond acceptors (Lipinski definition) is 4. The second kappa shape index (κ2) is 3.97. The summed E-state index contributed by atoms with van der Waals surface area (Å²) in [6, 6.07) is 2.92. The van der Waals surface area contributed by atoms with Gasteiger partial charge in [0.05, 0.1) is 11.9 Å². The molecular weight excluding hydrogens is 225 g/mol. The molecule has 1 fully saturated rings. The Morgan fingerprint density at radius 1 is 1.29 bits per heavy atom. The fraction of sp³-hybridized carbons (Fsp3) is 0.364. The lowest BCUT2D eigenvalue weighted by atomic mass is 10.1. The lowest BCUT2D eigenvalue weighted by Crippen LogP contribution is -2.27. The lowest BCUT2D eigenvalue weighted by Gasteiger charge is -2.21. The zero-order valence-electron chi connectivity index (χ0n) is 9.05. The Hall–Kier alpha value is -1.66. The average molecular weight is 237 g/mol. The first-order valence-corrected chi connectivity index (χ1v) is 5.47. The minimum Gasteiger partial charge on any atom is -0.481 e. The molecule has 0 aliphatic carbocycles. The van der Waals surface area contributed by atoms with Gasteiger partial charge in [-0.3, -0.25) is 15.4 Å². The number of anilines is 1. The monoisotopic (exact) mass is 237 g/mol. The Kier molecular flexibility index (Phi) is 2.45. The number of carbonyl (C=O) groups is 1. The summed E-state index contributed by atoms with van der Waals surface area (Å²) < 4.78 is 19.0. The molecule has 0 bridgehead atoms. The smallest absolute Gasteiger partial charge is 0.262 e. The molecule has 0 saturated carbocycles. The Labute approximate surface area is 97.3 Å². The summed E-state index contributed by atoms with van der Waals surface area (Å²) in [5.41, 5.74) is 1.01. The van der Waals surface area contributed by atoms with Crippen molar-refractivity contribution in [3.63, 3.8) is 0 Å². The predicted octanol–water partition coefficient (Wildman–Crippen LogP) is 0.348. The van der Waals surface area contributed by atoms with Crippen molar-refractivity contribution in [3.8, 4) is 5.75 Å². The Bertz CT molecular complexity index is 472. The van der Waals surface area contributed by atoms with Gasteiger partial charge in [-0.25, -0.2) is 4.39 Å². The van der Waals surface area contributed by atoms with Crippen molar-refractivity contribution in [2.24, 2.45) is 0 Å². The number of ether oxygens (including phenoxy) is 1. The van der Waals surface area contributed by atoms with Gasteiger partial charge in [0.1, 0.15) is 11.6 Å². The number of halogens is 1. The average Bonchev–Trinajstić information content (AvgIpc) is 2.82. The number of carbonyl (C=O) groups excluding carboxylic acids is 1. The molecule has 5 nitrogen and oxygen atoms in total. The van der Waals surface area contributed by atoms with E-state index in [0.29, 0.717) is 17.0 Å². The lowest BCUT2D eigenvalue weighted by molar-refractivity contribution is -0.118. The summed E-state index contributed by atoms with van der Waals surface area (Å²) in [7, 11) is 0. The normalized spacial score (nSPS) is 19.7. The van der Waals surface area contributed by atoms with Gasteiger partial charge in [0.15, 0.2) is 6.61 Å². The van der Waals surface area contributed by atoms with Crippen molar-refractivity contribution in [1.82, 2.24) is 10.6 Å². The SMILES string of the molecule is O=C1COc2cc(F)c(C3NCCN3)cc2N1. The first kappa shape index (κ1) is 10.5. The number of rotatable bonds is 1. The van der Waals surface area contributed by atoms with E-state index in [2.05, 4.69) is 16.0 Å². The van der Waals surface area contributed by atoms with E-state index in [9.17, 15) is 9.18 Å². The van der Waals surface area contributed by atoms with Gasteiger partial charge in [-0.1, -0.05) is 0 Å². The second-order valence-electron chi connectivity index (χ2n) is 4.05. The topological polar surface area (TPSA) is 62.4 Å². The molecule has 17 heavy (non-hydrogen) atoms. The van der Waals surface area contributed by atoms with Gasteiger partial charge < -0.3 is 10.1 Å². The van der Waals surface area contributed by atoms with E-state index in [0.717, 1.165) is 13.1 Å². The number of benzene rings is 1. The summed E-state index contributed by atoms with van der Waals surface area (Å²) in [6.45, 7) is 1.53. The standard InChI is InChI=1S/C11H12FN3O2/c12-7-4-9-8(15-10(16)5-17-9)3-6(7)11-13-1-2-14-11/h3-4,11,13-14H,1-2,5H2,(H,15,16). The van der Waals surface area contributed by atoms with E-state index >= 15 is 0 Å². The molecule has 6 heteroatoms. The van der Waals surface area contributed by atoms with Crippen molar-refractivity contribution in [1.29, 1.82) is 0 Å². The molecule has 1 aromatic carbocycles. The maximum atomic E-state index is 13.9. The van der Waals surface area contributed by atoms with Crippen LogP contribution in [-0.4, -0.2) is 25.6 Å². The molecule has 2 aliphatic heterocycles. The first-order valence-electron chi connectivity index (χ1n) is 5.47. The van der Waals surface area contributed by atoms with Crippen LogP contribution in [0.15, 0.2) is 12.1 Å². The Balaban J connectivity index is 1.99. The molecular formula is C11H12FN3O2. The molecule has 2 aliphatic rings.